The van der Waals surface area contributed by atoms with Crippen LogP contribution in [0.5, 0.6) is 5.88 Å². The van der Waals surface area contributed by atoms with Crippen molar-refractivity contribution in [3.63, 3.8) is 0 Å². The van der Waals surface area contributed by atoms with E-state index >= 15 is 0 Å². The third-order valence-corrected chi connectivity index (χ3v) is 3.27. The Morgan fingerprint density at radius 3 is 2.57 bits per heavy atom. The zero-order valence-corrected chi connectivity index (χ0v) is 13.4. The number of nitrogen functional groups attached to an aromatic ring is 1. The number of nitrogens with two attached hydrogens (primary N) is 1. The fourth-order valence-corrected chi connectivity index (χ4v) is 2.15. The molecular formula is C16H15ClN4O2. The highest BCUT2D eigenvalue weighted by molar-refractivity contribution is 6.32. The topological polar surface area (TPSA) is 87.1 Å². The van der Waals surface area contributed by atoms with Crippen molar-refractivity contribution in [2.24, 2.45) is 0 Å². The number of hydrogen-bond donors (Lipinski definition) is 1. The predicted octanol–water partition coefficient (Wildman–Crippen LogP) is 3.82. The number of aromatic nitrogens is 3. The Kier molecular flexibility index (Phi) is 4.16. The summed E-state index contributed by atoms with van der Waals surface area (Å²) in [5, 5.41) is 4.36. The van der Waals surface area contributed by atoms with Crippen LogP contribution in [0.2, 0.25) is 5.02 Å². The van der Waals surface area contributed by atoms with E-state index in [0.29, 0.717) is 33.9 Å². The number of rotatable bonds is 4. The van der Waals surface area contributed by atoms with E-state index in [2.05, 4.69) is 15.1 Å². The third kappa shape index (κ3) is 3.43. The Bertz CT molecular complexity index is 815. The van der Waals surface area contributed by atoms with Crippen LogP contribution in [0.1, 0.15) is 13.8 Å². The maximum absolute atomic E-state index is 6.17. The molecule has 3 rings (SSSR count). The molecule has 0 spiro atoms. The number of ether oxygens (including phenoxy) is 1. The summed E-state index contributed by atoms with van der Waals surface area (Å²) < 4.78 is 10.8. The largest absolute Gasteiger partial charge is 0.474 e. The molecule has 0 unspecified atom stereocenters. The van der Waals surface area contributed by atoms with Gasteiger partial charge in [0.25, 0.3) is 5.89 Å². The zero-order valence-electron chi connectivity index (χ0n) is 12.7. The van der Waals surface area contributed by atoms with Crippen LogP contribution in [0.3, 0.4) is 0 Å². The molecule has 0 aliphatic rings. The van der Waals surface area contributed by atoms with Gasteiger partial charge in [0.2, 0.25) is 11.7 Å². The summed E-state index contributed by atoms with van der Waals surface area (Å²) >= 11 is 6.17. The monoisotopic (exact) mass is 330 g/mol. The molecular weight excluding hydrogens is 316 g/mol. The lowest BCUT2D eigenvalue weighted by Crippen LogP contribution is -2.07. The summed E-state index contributed by atoms with van der Waals surface area (Å²) in [5.41, 5.74) is 7.78. The molecule has 3 aromatic rings. The normalized spacial score (nSPS) is 11.0. The highest BCUT2D eigenvalue weighted by Gasteiger charge is 2.14. The molecule has 0 saturated heterocycles. The predicted molar refractivity (Wildman–Crippen MR) is 88.2 cm³/mol. The maximum atomic E-state index is 6.17. The molecule has 0 aliphatic carbocycles. The van der Waals surface area contributed by atoms with Gasteiger partial charge >= 0.3 is 0 Å². The molecule has 0 amide bonds. The van der Waals surface area contributed by atoms with Gasteiger partial charge in [-0.25, -0.2) is 4.98 Å². The lowest BCUT2D eigenvalue weighted by Gasteiger charge is -2.09. The standard InChI is InChI=1S/C16H15ClN4O2/c1-9(2)22-16-13(17)7-11(8-19-16)15-20-14(21-23-15)10-3-5-12(18)6-4-10/h3-9H,18H2,1-2H3. The fraction of sp³-hybridized carbons (Fsp3) is 0.188. The fourth-order valence-electron chi connectivity index (χ4n) is 1.94. The lowest BCUT2D eigenvalue weighted by atomic mass is 10.2. The Labute approximate surface area is 138 Å². The van der Waals surface area contributed by atoms with Crippen molar-refractivity contribution in [2.45, 2.75) is 20.0 Å². The van der Waals surface area contributed by atoms with Crippen molar-refractivity contribution >= 4 is 17.3 Å². The Morgan fingerprint density at radius 1 is 1.17 bits per heavy atom. The number of nitrogens with zero attached hydrogens (tertiary/aromatic N) is 3. The van der Waals surface area contributed by atoms with Crippen LogP contribution in [-0.2, 0) is 0 Å². The van der Waals surface area contributed by atoms with E-state index in [0.717, 1.165) is 5.56 Å². The maximum Gasteiger partial charge on any atom is 0.259 e. The second kappa shape index (κ2) is 6.26. The van der Waals surface area contributed by atoms with Crippen LogP contribution in [0.25, 0.3) is 22.8 Å². The van der Waals surface area contributed by atoms with Crippen LogP contribution < -0.4 is 10.5 Å². The van der Waals surface area contributed by atoms with E-state index in [1.54, 1.807) is 24.4 Å². The van der Waals surface area contributed by atoms with Gasteiger partial charge in [0.15, 0.2) is 0 Å². The quantitative estimate of drug-likeness (QED) is 0.732. The second-order valence-electron chi connectivity index (χ2n) is 5.22. The molecule has 2 N–H and O–H groups in total. The lowest BCUT2D eigenvalue weighted by molar-refractivity contribution is 0.233. The summed E-state index contributed by atoms with van der Waals surface area (Å²) in [7, 11) is 0. The van der Waals surface area contributed by atoms with Gasteiger partial charge in [-0.1, -0.05) is 16.8 Å². The van der Waals surface area contributed by atoms with Crippen molar-refractivity contribution in [2.75, 3.05) is 5.73 Å². The van der Waals surface area contributed by atoms with Gasteiger partial charge in [-0.15, -0.1) is 0 Å². The molecule has 0 bridgehead atoms. The Hall–Kier alpha value is -2.60. The van der Waals surface area contributed by atoms with E-state index in [4.69, 9.17) is 26.6 Å². The van der Waals surface area contributed by atoms with Crippen LogP contribution in [0.4, 0.5) is 5.69 Å². The molecule has 0 fully saturated rings. The summed E-state index contributed by atoms with van der Waals surface area (Å²) in [4.78, 5) is 8.54. The van der Waals surface area contributed by atoms with Gasteiger partial charge in [0.1, 0.15) is 5.02 Å². The minimum absolute atomic E-state index is 0.00799. The van der Waals surface area contributed by atoms with Crippen LogP contribution in [0.15, 0.2) is 41.1 Å². The SMILES string of the molecule is CC(C)Oc1ncc(-c2nc(-c3ccc(N)cc3)no2)cc1Cl. The van der Waals surface area contributed by atoms with Crippen LogP contribution in [0, 0.1) is 0 Å². The number of anilines is 1. The van der Waals surface area contributed by atoms with Crippen molar-refractivity contribution < 1.29 is 9.26 Å². The molecule has 1 aromatic carbocycles. The molecule has 7 heteroatoms. The number of halogens is 1. The molecule has 0 radical (unpaired) electrons. The molecule has 2 aromatic heterocycles. The van der Waals surface area contributed by atoms with Crippen LogP contribution in [-0.4, -0.2) is 21.2 Å². The Morgan fingerprint density at radius 2 is 1.91 bits per heavy atom. The third-order valence-electron chi connectivity index (χ3n) is 3.00. The number of benzene rings is 1. The smallest absolute Gasteiger partial charge is 0.259 e. The molecule has 0 aliphatic heterocycles. The molecule has 2 heterocycles. The average Bonchev–Trinajstić information content (AvgIpc) is 2.99. The first-order valence-corrected chi connectivity index (χ1v) is 7.43. The zero-order chi connectivity index (χ0) is 16.4. The summed E-state index contributed by atoms with van der Waals surface area (Å²) in [6.07, 6.45) is 1.58. The van der Waals surface area contributed by atoms with Crippen LogP contribution >= 0.6 is 11.6 Å². The molecule has 0 atom stereocenters. The summed E-state index contributed by atoms with van der Waals surface area (Å²) in [6, 6.07) is 8.90. The highest BCUT2D eigenvalue weighted by Crippen LogP contribution is 2.29. The molecule has 23 heavy (non-hydrogen) atoms. The second-order valence-corrected chi connectivity index (χ2v) is 5.63. The first-order chi connectivity index (χ1) is 11.0. The average molecular weight is 331 g/mol. The highest BCUT2D eigenvalue weighted by atomic mass is 35.5. The van der Waals surface area contributed by atoms with Crippen molar-refractivity contribution in [1.82, 2.24) is 15.1 Å². The summed E-state index contributed by atoms with van der Waals surface area (Å²) in [5.74, 6) is 1.18. The minimum atomic E-state index is -0.00799. The van der Waals surface area contributed by atoms with E-state index < -0.39 is 0 Å². The van der Waals surface area contributed by atoms with Gasteiger partial charge in [-0.2, -0.15) is 4.98 Å². The number of hydrogen-bond acceptors (Lipinski definition) is 6. The minimum Gasteiger partial charge on any atom is -0.474 e. The van der Waals surface area contributed by atoms with Gasteiger partial charge in [0, 0.05) is 17.4 Å². The van der Waals surface area contributed by atoms with Gasteiger partial charge < -0.3 is 15.0 Å². The molecule has 6 nitrogen and oxygen atoms in total. The van der Waals surface area contributed by atoms with Crippen molar-refractivity contribution in [1.29, 1.82) is 0 Å². The van der Waals surface area contributed by atoms with Gasteiger partial charge in [-0.3, -0.25) is 0 Å². The van der Waals surface area contributed by atoms with E-state index in [-0.39, 0.29) is 6.10 Å². The number of pyridine rings is 1. The van der Waals surface area contributed by atoms with Gasteiger partial charge in [-0.05, 0) is 44.2 Å². The molecule has 118 valence electrons. The van der Waals surface area contributed by atoms with E-state index in [1.165, 1.54) is 0 Å². The Balaban J connectivity index is 1.88. The van der Waals surface area contributed by atoms with Gasteiger partial charge in [0.05, 0.1) is 11.7 Å². The van der Waals surface area contributed by atoms with Crippen molar-refractivity contribution in [3.05, 3.63) is 41.6 Å². The summed E-state index contributed by atoms with van der Waals surface area (Å²) in [6.45, 7) is 3.81. The van der Waals surface area contributed by atoms with E-state index in [1.807, 2.05) is 26.0 Å². The first-order valence-electron chi connectivity index (χ1n) is 7.05. The first kappa shape index (κ1) is 15.3. The van der Waals surface area contributed by atoms with Crippen molar-refractivity contribution in [3.8, 4) is 28.7 Å². The van der Waals surface area contributed by atoms with E-state index in [9.17, 15) is 0 Å². The molecule has 0 saturated carbocycles.